The van der Waals surface area contributed by atoms with Crippen LogP contribution in [0.3, 0.4) is 0 Å². The third kappa shape index (κ3) is 7.10. The third-order valence-electron chi connectivity index (χ3n) is 5.01. The van der Waals surface area contributed by atoms with Crippen LogP contribution in [0.4, 0.5) is 0 Å². The zero-order chi connectivity index (χ0) is 22.1. The maximum Gasteiger partial charge on any atom is 0.326 e. The van der Waals surface area contributed by atoms with Crippen LogP contribution >= 0.6 is 7.37 Å². The summed E-state index contributed by atoms with van der Waals surface area (Å²) in [6.07, 6.45) is 0.330. The zero-order valence-corrected chi connectivity index (χ0v) is 17.9. The minimum atomic E-state index is -3.79. The molecule has 1 unspecified atom stereocenters. The summed E-state index contributed by atoms with van der Waals surface area (Å²) >= 11 is 0. The summed E-state index contributed by atoms with van der Waals surface area (Å²) in [5.74, 6) is -3.54. The Morgan fingerprint density at radius 3 is 1.97 bits per heavy atom. The summed E-state index contributed by atoms with van der Waals surface area (Å²) in [4.78, 5) is 35.1. The molecule has 30 heavy (non-hydrogen) atoms. The molecule has 7 nitrogen and oxygen atoms in total. The lowest BCUT2D eigenvalue weighted by molar-refractivity contribution is -0.142. The second-order valence-corrected chi connectivity index (χ2v) is 9.93. The van der Waals surface area contributed by atoms with Gasteiger partial charge >= 0.3 is 5.97 Å². The summed E-state index contributed by atoms with van der Waals surface area (Å²) in [6.45, 7) is 1.71. The van der Waals surface area contributed by atoms with Gasteiger partial charge in [0.05, 0.1) is 11.7 Å². The van der Waals surface area contributed by atoms with E-state index in [9.17, 15) is 24.2 Å². The molecule has 0 fully saturated rings. The second-order valence-electron chi connectivity index (χ2n) is 7.39. The number of nitrogens with two attached hydrogens (primary N) is 1. The van der Waals surface area contributed by atoms with Gasteiger partial charge in [-0.2, -0.15) is 0 Å². The molecule has 2 rings (SSSR count). The molecular formula is C22H29N2O5P. The predicted octanol–water partition coefficient (Wildman–Crippen LogP) is 2.62. The van der Waals surface area contributed by atoms with Gasteiger partial charge < -0.3 is 21.1 Å². The Morgan fingerprint density at radius 1 is 1.00 bits per heavy atom. The van der Waals surface area contributed by atoms with Crippen molar-refractivity contribution in [2.75, 3.05) is 6.16 Å². The number of carbonyl (C=O) groups is 2. The van der Waals surface area contributed by atoms with E-state index >= 15 is 0 Å². The van der Waals surface area contributed by atoms with Crippen molar-refractivity contribution in [3.05, 3.63) is 71.8 Å². The van der Waals surface area contributed by atoms with Gasteiger partial charge in [-0.3, -0.25) is 9.36 Å². The molecule has 162 valence electrons. The molecule has 0 saturated heterocycles. The number of rotatable bonds is 11. The fourth-order valence-corrected chi connectivity index (χ4v) is 4.98. The van der Waals surface area contributed by atoms with E-state index in [1.807, 2.05) is 36.4 Å². The molecule has 0 radical (unpaired) electrons. The van der Waals surface area contributed by atoms with Crippen LogP contribution in [-0.4, -0.2) is 39.9 Å². The van der Waals surface area contributed by atoms with E-state index < -0.39 is 37.0 Å². The van der Waals surface area contributed by atoms with E-state index in [1.54, 1.807) is 31.2 Å². The van der Waals surface area contributed by atoms with Crippen LogP contribution in [0.15, 0.2) is 60.7 Å². The van der Waals surface area contributed by atoms with Crippen molar-refractivity contribution in [2.24, 2.45) is 11.7 Å². The second kappa shape index (κ2) is 11.1. The number of aliphatic carboxylic acids is 1. The highest BCUT2D eigenvalue weighted by atomic mass is 31.2. The highest BCUT2D eigenvalue weighted by Gasteiger charge is 2.34. The minimum Gasteiger partial charge on any atom is -0.480 e. The molecule has 0 aromatic heterocycles. The molecule has 0 saturated carbocycles. The number of carboxylic acid groups (broad SMARTS) is 1. The summed E-state index contributed by atoms with van der Waals surface area (Å²) in [6, 6.07) is 16.9. The van der Waals surface area contributed by atoms with Crippen molar-refractivity contribution in [2.45, 2.75) is 38.0 Å². The highest BCUT2D eigenvalue weighted by molar-refractivity contribution is 7.58. The first-order valence-electron chi connectivity index (χ1n) is 9.91. The minimum absolute atomic E-state index is 0.116. The smallest absolute Gasteiger partial charge is 0.326 e. The highest BCUT2D eigenvalue weighted by Crippen LogP contribution is 2.47. The number of benzene rings is 2. The lowest BCUT2D eigenvalue weighted by Gasteiger charge is -2.25. The van der Waals surface area contributed by atoms with Crippen LogP contribution in [-0.2, 0) is 27.0 Å². The largest absolute Gasteiger partial charge is 0.480 e. The fourth-order valence-electron chi connectivity index (χ4n) is 3.21. The Morgan fingerprint density at radius 2 is 1.50 bits per heavy atom. The number of hydrogen-bond acceptors (Lipinski definition) is 4. The first kappa shape index (κ1) is 23.8. The lowest BCUT2D eigenvalue weighted by atomic mass is 9.99. The van der Waals surface area contributed by atoms with E-state index in [2.05, 4.69) is 5.32 Å². The molecule has 2 aromatic rings. The van der Waals surface area contributed by atoms with Crippen LogP contribution < -0.4 is 11.1 Å². The van der Waals surface area contributed by atoms with Gasteiger partial charge in [-0.1, -0.05) is 67.6 Å². The van der Waals surface area contributed by atoms with Crippen molar-refractivity contribution in [1.82, 2.24) is 5.32 Å². The van der Waals surface area contributed by atoms with Gasteiger partial charge in [-0.25, -0.2) is 4.79 Å². The van der Waals surface area contributed by atoms with Gasteiger partial charge in [-0.05, 0) is 24.0 Å². The van der Waals surface area contributed by atoms with E-state index in [-0.39, 0.29) is 19.0 Å². The van der Waals surface area contributed by atoms with Crippen molar-refractivity contribution in [1.29, 1.82) is 0 Å². The van der Waals surface area contributed by atoms with Crippen LogP contribution in [0.25, 0.3) is 0 Å². The van der Waals surface area contributed by atoms with E-state index in [0.717, 1.165) is 11.1 Å². The van der Waals surface area contributed by atoms with E-state index in [4.69, 9.17) is 5.73 Å². The monoisotopic (exact) mass is 432 g/mol. The van der Waals surface area contributed by atoms with Gasteiger partial charge in [0.15, 0.2) is 0 Å². The quantitative estimate of drug-likeness (QED) is 0.404. The summed E-state index contributed by atoms with van der Waals surface area (Å²) < 4.78 is 12.7. The van der Waals surface area contributed by atoms with E-state index in [1.165, 1.54) is 0 Å². The Hall–Kier alpha value is -2.47. The van der Waals surface area contributed by atoms with Gasteiger partial charge in [-0.15, -0.1) is 0 Å². The first-order valence-corrected chi connectivity index (χ1v) is 11.8. The molecule has 5 N–H and O–H groups in total. The maximum atomic E-state index is 13.0. The number of hydrogen-bond donors (Lipinski definition) is 4. The number of carboxylic acids is 1. The fraction of sp³-hybridized carbons (Fsp3) is 0.364. The van der Waals surface area contributed by atoms with Crippen LogP contribution in [0.1, 0.15) is 24.5 Å². The van der Waals surface area contributed by atoms with Crippen LogP contribution in [0.2, 0.25) is 0 Å². The Balaban J connectivity index is 2.21. The van der Waals surface area contributed by atoms with Gasteiger partial charge in [0, 0.05) is 12.6 Å². The zero-order valence-electron chi connectivity index (χ0n) is 17.0. The molecule has 1 amide bonds. The average Bonchev–Trinajstić information content (AvgIpc) is 2.73. The van der Waals surface area contributed by atoms with Gasteiger partial charge in [0.1, 0.15) is 6.04 Å². The number of nitrogens with one attached hydrogen (secondary N) is 1. The molecule has 0 bridgehead atoms. The summed E-state index contributed by atoms with van der Waals surface area (Å²) in [7, 11) is -3.79. The molecule has 0 spiro atoms. The molecule has 0 aliphatic carbocycles. The Bertz CT molecular complexity index is 876. The SMILES string of the molecule is CC[C@H](N)P(=O)(O)C[C@@H](Cc1ccccc1)C(=O)N[C@@H](Cc1ccccc1)C(=O)O. The normalized spacial score (nSPS) is 16.1. The molecule has 8 heteroatoms. The first-order chi connectivity index (χ1) is 14.2. The van der Waals surface area contributed by atoms with Crippen LogP contribution in [0.5, 0.6) is 0 Å². The van der Waals surface area contributed by atoms with E-state index in [0.29, 0.717) is 6.42 Å². The summed E-state index contributed by atoms with van der Waals surface area (Å²) in [5, 5.41) is 12.1. The van der Waals surface area contributed by atoms with Crippen molar-refractivity contribution < 1.29 is 24.2 Å². The third-order valence-corrected chi connectivity index (χ3v) is 7.38. The molecule has 4 atom stereocenters. The molecular weight excluding hydrogens is 403 g/mol. The van der Waals surface area contributed by atoms with Crippen molar-refractivity contribution in [3.8, 4) is 0 Å². The number of amides is 1. The summed E-state index contributed by atoms with van der Waals surface area (Å²) in [5.41, 5.74) is 7.39. The van der Waals surface area contributed by atoms with Crippen molar-refractivity contribution in [3.63, 3.8) is 0 Å². The standard InChI is InChI=1S/C22H29N2O5P/c1-2-20(23)30(28,29)15-18(13-16-9-5-3-6-10-16)21(25)24-19(22(26)27)14-17-11-7-4-8-12-17/h3-12,18-20H,2,13-15,23H2,1H3,(H,24,25)(H,26,27)(H,28,29)/t18-,19+,20-/m1/s1. The Kier molecular flexibility index (Phi) is 8.78. The average molecular weight is 432 g/mol. The lowest BCUT2D eigenvalue weighted by Crippen LogP contribution is -2.46. The van der Waals surface area contributed by atoms with Crippen LogP contribution in [0, 0.1) is 5.92 Å². The molecule has 0 heterocycles. The molecule has 0 aliphatic rings. The predicted molar refractivity (Wildman–Crippen MR) is 116 cm³/mol. The van der Waals surface area contributed by atoms with Crippen molar-refractivity contribution >= 4 is 19.2 Å². The Labute approximate surface area is 176 Å². The number of carbonyl (C=O) groups excluding carboxylic acids is 1. The van der Waals surface area contributed by atoms with Gasteiger partial charge in [0.2, 0.25) is 13.3 Å². The molecule has 2 aromatic carbocycles. The van der Waals surface area contributed by atoms with Gasteiger partial charge in [0.25, 0.3) is 0 Å². The maximum absolute atomic E-state index is 13.0. The topological polar surface area (TPSA) is 130 Å². The molecule has 0 aliphatic heterocycles.